The van der Waals surface area contributed by atoms with E-state index in [1.165, 1.54) is 0 Å². The zero-order chi connectivity index (χ0) is 8.27. The Morgan fingerprint density at radius 1 is 1.18 bits per heavy atom. The van der Waals surface area contributed by atoms with Gasteiger partial charge in [-0.2, -0.15) is 0 Å². The first-order valence-electron chi connectivity index (χ1n) is 3.44. The lowest BCUT2D eigenvalue weighted by molar-refractivity contribution is -0.260. The Hall–Kier alpha value is -0.200. The van der Waals surface area contributed by atoms with Crippen molar-refractivity contribution in [3.8, 4) is 0 Å². The maximum absolute atomic E-state index is 8.88. The van der Waals surface area contributed by atoms with E-state index in [-0.39, 0.29) is 19.8 Å². The summed E-state index contributed by atoms with van der Waals surface area (Å²) >= 11 is 0. The minimum Gasteiger partial charge on any atom is -0.394 e. The Bertz CT molecular complexity index is 118. The molecule has 1 aliphatic heterocycles. The number of hydrogen-bond acceptors (Lipinski definition) is 5. The SMILES string of the molecule is OC[C@@H]1OCC(O)O[C@H]1CO. The Kier molecular flexibility index (Phi) is 3.22. The van der Waals surface area contributed by atoms with Crippen LogP contribution in [-0.2, 0) is 9.47 Å². The van der Waals surface area contributed by atoms with Gasteiger partial charge in [0.15, 0.2) is 6.29 Å². The van der Waals surface area contributed by atoms with Gasteiger partial charge < -0.3 is 24.8 Å². The summed E-state index contributed by atoms with van der Waals surface area (Å²) in [4.78, 5) is 0. The van der Waals surface area contributed by atoms with E-state index in [1.54, 1.807) is 0 Å². The van der Waals surface area contributed by atoms with Crippen LogP contribution in [0.5, 0.6) is 0 Å². The van der Waals surface area contributed by atoms with E-state index in [9.17, 15) is 0 Å². The van der Waals surface area contributed by atoms with Crippen molar-refractivity contribution in [2.75, 3.05) is 19.8 Å². The van der Waals surface area contributed by atoms with E-state index in [4.69, 9.17) is 24.8 Å². The van der Waals surface area contributed by atoms with Gasteiger partial charge in [0, 0.05) is 0 Å². The van der Waals surface area contributed by atoms with Gasteiger partial charge in [-0.1, -0.05) is 0 Å². The topological polar surface area (TPSA) is 79.2 Å². The number of aliphatic hydroxyl groups excluding tert-OH is 3. The number of aliphatic hydroxyl groups is 3. The third kappa shape index (κ3) is 2.11. The summed E-state index contributed by atoms with van der Waals surface area (Å²) < 4.78 is 9.82. The summed E-state index contributed by atoms with van der Waals surface area (Å²) in [6.07, 6.45) is -2.14. The molecule has 0 saturated carbocycles. The van der Waals surface area contributed by atoms with Crippen LogP contribution in [0.25, 0.3) is 0 Å². The van der Waals surface area contributed by atoms with Gasteiger partial charge in [0.25, 0.3) is 0 Å². The third-order valence-electron chi connectivity index (χ3n) is 1.56. The van der Waals surface area contributed by atoms with Gasteiger partial charge in [0.05, 0.1) is 19.8 Å². The zero-order valence-electron chi connectivity index (χ0n) is 6.01. The van der Waals surface area contributed by atoms with Gasteiger partial charge >= 0.3 is 0 Å². The summed E-state index contributed by atoms with van der Waals surface area (Å²) in [6.45, 7) is -0.429. The van der Waals surface area contributed by atoms with Gasteiger partial charge in [0.1, 0.15) is 12.2 Å². The second-order valence-corrected chi connectivity index (χ2v) is 2.37. The summed E-state index contributed by atoms with van der Waals surface area (Å²) in [5, 5.41) is 26.2. The van der Waals surface area contributed by atoms with E-state index in [1.807, 2.05) is 0 Å². The van der Waals surface area contributed by atoms with Crippen LogP contribution in [0.3, 0.4) is 0 Å². The fraction of sp³-hybridized carbons (Fsp3) is 1.00. The molecule has 1 aliphatic rings. The lowest BCUT2D eigenvalue weighted by Crippen LogP contribution is -2.47. The van der Waals surface area contributed by atoms with Crippen LogP contribution in [0.2, 0.25) is 0 Å². The summed E-state index contributed by atoms with van der Waals surface area (Å²) in [5.74, 6) is 0. The maximum Gasteiger partial charge on any atom is 0.178 e. The quantitative estimate of drug-likeness (QED) is 0.443. The van der Waals surface area contributed by atoms with E-state index in [0.717, 1.165) is 0 Å². The molecule has 0 aliphatic carbocycles. The largest absolute Gasteiger partial charge is 0.394 e. The standard InChI is InChI=1S/C6H12O5/c7-1-4-5(2-8)11-6(9)3-10-4/h4-9H,1-3H2/t4-,5-,6?/m0/s1. The highest BCUT2D eigenvalue weighted by molar-refractivity contribution is 4.73. The van der Waals surface area contributed by atoms with Crippen LogP contribution in [0.4, 0.5) is 0 Å². The zero-order valence-corrected chi connectivity index (χ0v) is 6.01. The smallest absolute Gasteiger partial charge is 0.178 e. The molecular weight excluding hydrogens is 152 g/mol. The van der Waals surface area contributed by atoms with E-state index in [2.05, 4.69) is 0 Å². The van der Waals surface area contributed by atoms with Gasteiger partial charge in [-0.15, -0.1) is 0 Å². The normalized spacial score (nSPS) is 39.0. The van der Waals surface area contributed by atoms with Crippen molar-refractivity contribution in [2.24, 2.45) is 0 Å². The average Bonchev–Trinajstić information content (AvgIpc) is 2.04. The van der Waals surface area contributed by atoms with Gasteiger partial charge in [-0.05, 0) is 0 Å². The van der Waals surface area contributed by atoms with E-state index >= 15 is 0 Å². The Morgan fingerprint density at radius 3 is 2.36 bits per heavy atom. The minimum atomic E-state index is -0.991. The predicted molar refractivity (Wildman–Crippen MR) is 34.8 cm³/mol. The number of rotatable bonds is 2. The van der Waals surface area contributed by atoms with Gasteiger partial charge in [-0.3, -0.25) is 0 Å². The molecule has 0 bridgehead atoms. The Morgan fingerprint density at radius 2 is 1.82 bits per heavy atom. The summed E-state index contributed by atoms with van der Waals surface area (Å²) in [7, 11) is 0. The molecule has 0 aromatic rings. The van der Waals surface area contributed by atoms with Gasteiger partial charge in [0.2, 0.25) is 0 Å². The van der Waals surface area contributed by atoms with Crippen molar-refractivity contribution in [1.82, 2.24) is 0 Å². The predicted octanol–water partition coefficient (Wildman–Crippen LogP) is -1.93. The Balaban J connectivity index is 2.41. The fourth-order valence-corrected chi connectivity index (χ4v) is 0.973. The third-order valence-corrected chi connectivity index (χ3v) is 1.56. The lowest BCUT2D eigenvalue weighted by atomic mass is 10.2. The molecule has 11 heavy (non-hydrogen) atoms. The van der Waals surface area contributed by atoms with Crippen molar-refractivity contribution in [3.05, 3.63) is 0 Å². The van der Waals surface area contributed by atoms with Crippen LogP contribution >= 0.6 is 0 Å². The molecule has 66 valence electrons. The van der Waals surface area contributed by atoms with Crippen molar-refractivity contribution < 1.29 is 24.8 Å². The molecule has 3 N–H and O–H groups in total. The van der Waals surface area contributed by atoms with Crippen LogP contribution in [0, 0.1) is 0 Å². The highest BCUT2D eigenvalue weighted by Gasteiger charge is 2.29. The lowest BCUT2D eigenvalue weighted by Gasteiger charge is -2.32. The maximum atomic E-state index is 8.88. The molecule has 3 atom stereocenters. The van der Waals surface area contributed by atoms with Crippen molar-refractivity contribution >= 4 is 0 Å². The summed E-state index contributed by atoms with van der Waals surface area (Å²) in [5.41, 5.74) is 0. The molecule has 0 radical (unpaired) electrons. The molecular formula is C6H12O5. The first kappa shape index (κ1) is 8.89. The van der Waals surface area contributed by atoms with Crippen molar-refractivity contribution in [2.45, 2.75) is 18.5 Å². The minimum absolute atomic E-state index is 0.0434. The van der Waals surface area contributed by atoms with Crippen LogP contribution in [-0.4, -0.2) is 53.6 Å². The van der Waals surface area contributed by atoms with Gasteiger partial charge in [-0.25, -0.2) is 0 Å². The first-order valence-corrected chi connectivity index (χ1v) is 3.44. The molecule has 0 spiro atoms. The summed E-state index contributed by atoms with van der Waals surface area (Å²) in [6, 6.07) is 0. The fourth-order valence-electron chi connectivity index (χ4n) is 0.973. The molecule has 0 aromatic carbocycles. The van der Waals surface area contributed by atoms with Crippen molar-refractivity contribution in [1.29, 1.82) is 0 Å². The Labute approximate surface area is 64.2 Å². The van der Waals surface area contributed by atoms with Crippen LogP contribution in [0.1, 0.15) is 0 Å². The number of ether oxygens (including phenoxy) is 2. The molecule has 5 heteroatoms. The second kappa shape index (κ2) is 3.99. The first-order chi connectivity index (χ1) is 5.27. The molecule has 1 rings (SSSR count). The molecule has 0 aromatic heterocycles. The van der Waals surface area contributed by atoms with E-state index in [0.29, 0.717) is 0 Å². The highest BCUT2D eigenvalue weighted by atomic mass is 16.7. The molecule has 5 nitrogen and oxygen atoms in total. The van der Waals surface area contributed by atoms with E-state index < -0.39 is 18.5 Å². The highest BCUT2D eigenvalue weighted by Crippen LogP contribution is 2.12. The monoisotopic (exact) mass is 164 g/mol. The van der Waals surface area contributed by atoms with Crippen LogP contribution in [0.15, 0.2) is 0 Å². The molecule has 0 amide bonds. The van der Waals surface area contributed by atoms with Crippen molar-refractivity contribution in [3.63, 3.8) is 0 Å². The molecule has 1 saturated heterocycles. The molecule has 1 unspecified atom stereocenters. The second-order valence-electron chi connectivity index (χ2n) is 2.37. The van der Waals surface area contributed by atoms with Crippen LogP contribution < -0.4 is 0 Å². The average molecular weight is 164 g/mol. The molecule has 1 heterocycles. The molecule has 1 fully saturated rings. The number of hydrogen-bond donors (Lipinski definition) is 3.